The Hall–Kier alpha value is -2.73. The lowest BCUT2D eigenvalue weighted by Gasteiger charge is -2.35. The van der Waals surface area contributed by atoms with E-state index in [2.05, 4.69) is 10.6 Å². The predicted octanol–water partition coefficient (Wildman–Crippen LogP) is 2.75. The summed E-state index contributed by atoms with van der Waals surface area (Å²) in [6.45, 7) is 3.44. The van der Waals surface area contributed by atoms with Gasteiger partial charge in [0.1, 0.15) is 5.75 Å². The molecule has 1 aliphatic rings. The Morgan fingerprint density at radius 1 is 1.18 bits per heavy atom. The number of para-hydroxylation sites is 2. The van der Waals surface area contributed by atoms with Crippen LogP contribution in [0, 0.1) is 0 Å². The van der Waals surface area contributed by atoms with Crippen LogP contribution in [0.3, 0.4) is 0 Å². The van der Waals surface area contributed by atoms with Crippen LogP contribution in [0.5, 0.6) is 5.75 Å². The van der Waals surface area contributed by atoms with Crippen LogP contribution in [0.2, 0.25) is 5.02 Å². The van der Waals surface area contributed by atoms with Gasteiger partial charge in [0.25, 0.3) is 5.91 Å². The number of hydrogen-bond donors (Lipinski definition) is 2. The highest BCUT2D eigenvalue weighted by Gasteiger charge is 2.31. The zero-order valence-corrected chi connectivity index (χ0v) is 16.5. The third-order valence-corrected chi connectivity index (χ3v) is 4.65. The quantitative estimate of drug-likeness (QED) is 0.748. The molecular weight excluding hydrogens is 378 g/mol. The number of carbonyl (C=O) groups is 2. The standard InChI is InChI=1S/C21H24ClN3O3/c1-2-10-23-21(27)19-13-25(17-8-3-4-9-18(17)28-19)14-20(26)24-12-15-6-5-7-16(22)11-15/h3-9,11,19H,2,10,12-14H2,1H3,(H,23,27)(H,24,26)/t19-/m1/s1. The minimum Gasteiger partial charge on any atom is -0.477 e. The Morgan fingerprint density at radius 3 is 2.79 bits per heavy atom. The van der Waals surface area contributed by atoms with Gasteiger partial charge in [-0.2, -0.15) is 0 Å². The third-order valence-electron chi connectivity index (χ3n) is 4.42. The number of halogens is 1. The first kappa shape index (κ1) is 20.0. The highest BCUT2D eigenvalue weighted by atomic mass is 35.5. The van der Waals surface area contributed by atoms with E-state index < -0.39 is 6.10 Å². The predicted molar refractivity (Wildman–Crippen MR) is 110 cm³/mol. The molecule has 0 unspecified atom stereocenters. The molecule has 1 heterocycles. The van der Waals surface area contributed by atoms with E-state index in [1.165, 1.54) is 0 Å². The molecule has 148 valence electrons. The van der Waals surface area contributed by atoms with Gasteiger partial charge < -0.3 is 20.3 Å². The Morgan fingerprint density at radius 2 is 2.00 bits per heavy atom. The number of nitrogens with one attached hydrogen (secondary N) is 2. The molecule has 0 aromatic heterocycles. The fourth-order valence-corrected chi connectivity index (χ4v) is 3.25. The highest BCUT2D eigenvalue weighted by Crippen LogP contribution is 2.32. The summed E-state index contributed by atoms with van der Waals surface area (Å²) in [5.41, 5.74) is 1.74. The van der Waals surface area contributed by atoms with Crippen molar-refractivity contribution in [2.75, 3.05) is 24.5 Å². The van der Waals surface area contributed by atoms with E-state index in [4.69, 9.17) is 16.3 Å². The first-order valence-corrected chi connectivity index (χ1v) is 9.74. The van der Waals surface area contributed by atoms with Crippen LogP contribution in [-0.4, -0.2) is 37.6 Å². The maximum absolute atomic E-state index is 12.5. The summed E-state index contributed by atoms with van der Waals surface area (Å²) in [5.74, 6) is 0.304. The molecule has 2 aromatic carbocycles. The Bertz CT molecular complexity index is 843. The summed E-state index contributed by atoms with van der Waals surface area (Å²) in [6, 6.07) is 14.8. The Labute approximate surface area is 169 Å². The summed E-state index contributed by atoms with van der Waals surface area (Å²) < 4.78 is 5.84. The summed E-state index contributed by atoms with van der Waals surface area (Å²) in [5, 5.41) is 6.39. The summed E-state index contributed by atoms with van der Waals surface area (Å²) in [7, 11) is 0. The molecule has 7 heteroatoms. The lowest BCUT2D eigenvalue weighted by molar-refractivity contribution is -0.128. The number of ether oxygens (including phenoxy) is 1. The monoisotopic (exact) mass is 401 g/mol. The lowest BCUT2D eigenvalue weighted by atomic mass is 10.1. The minimum atomic E-state index is -0.651. The van der Waals surface area contributed by atoms with Gasteiger partial charge in [-0.3, -0.25) is 9.59 Å². The number of rotatable bonds is 7. The molecule has 0 saturated heterocycles. The van der Waals surface area contributed by atoms with Crippen LogP contribution >= 0.6 is 11.6 Å². The summed E-state index contributed by atoms with van der Waals surface area (Å²) in [6.07, 6.45) is 0.201. The van der Waals surface area contributed by atoms with Crippen LogP contribution in [0.4, 0.5) is 5.69 Å². The molecule has 0 fully saturated rings. The van der Waals surface area contributed by atoms with Crippen molar-refractivity contribution >= 4 is 29.1 Å². The fraction of sp³-hybridized carbons (Fsp3) is 0.333. The summed E-state index contributed by atoms with van der Waals surface area (Å²) >= 11 is 5.98. The van der Waals surface area contributed by atoms with Gasteiger partial charge in [0.05, 0.1) is 18.8 Å². The van der Waals surface area contributed by atoms with Gasteiger partial charge in [-0.1, -0.05) is 42.8 Å². The number of fused-ring (bicyclic) bond motifs is 1. The molecular formula is C21H24ClN3O3. The molecule has 0 saturated carbocycles. The van der Waals surface area contributed by atoms with Gasteiger partial charge in [0.2, 0.25) is 5.91 Å². The van der Waals surface area contributed by atoms with E-state index in [1.807, 2.05) is 54.3 Å². The average molecular weight is 402 g/mol. The first-order chi connectivity index (χ1) is 13.6. The van der Waals surface area contributed by atoms with E-state index in [0.717, 1.165) is 17.7 Å². The number of amides is 2. The molecule has 28 heavy (non-hydrogen) atoms. The van der Waals surface area contributed by atoms with Gasteiger partial charge in [-0.05, 0) is 36.2 Å². The number of hydrogen-bond acceptors (Lipinski definition) is 4. The van der Waals surface area contributed by atoms with Crippen molar-refractivity contribution in [1.82, 2.24) is 10.6 Å². The zero-order chi connectivity index (χ0) is 19.9. The molecule has 2 amide bonds. The number of carbonyl (C=O) groups excluding carboxylic acids is 2. The topological polar surface area (TPSA) is 70.7 Å². The fourth-order valence-electron chi connectivity index (χ4n) is 3.03. The highest BCUT2D eigenvalue weighted by molar-refractivity contribution is 6.30. The van der Waals surface area contributed by atoms with E-state index in [9.17, 15) is 9.59 Å². The minimum absolute atomic E-state index is 0.135. The van der Waals surface area contributed by atoms with Crippen LogP contribution in [-0.2, 0) is 16.1 Å². The molecule has 0 radical (unpaired) electrons. The lowest BCUT2D eigenvalue weighted by Crippen LogP contribution is -2.51. The van der Waals surface area contributed by atoms with E-state index in [0.29, 0.717) is 30.4 Å². The SMILES string of the molecule is CCCNC(=O)[C@H]1CN(CC(=O)NCc2cccc(Cl)c2)c2ccccc2O1. The zero-order valence-electron chi connectivity index (χ0n) is 15.8. The molecule has 3 rings (SSSR count). The maximum Gasteiger partial charge on any atom is 0.262 e. The van der Waals surface area contributed by atoms with Crippen molar-refractivity contribution in [3.8, 4) is 5.75 Å². The van der Waals surface area contributed by atoms with Crippen molar-refractivity contribution < 1.29 is 14.3 Å². The van der Waals surface area contributed by atoms with Gasteiger partial charge >= 0.3 is 0 Å². The molecule has 2 N–H and O–H groups in total. The van der Waals surface area contributed by atoms with Crippen molar-refractivity contribution in [1.29, 1.82) is 0 Å². The van der Waals surface area contributed by atoms with E-state index in [1.54, 1.807) is 6.07 Å². The van der Waals surface area contributed by atoms with Crippen molar-refractivity contribution in [2.45, 2.75) is 26.0 Å². The second-order valence-corrected chi connectivity index (χ2v) is 7.09. The van der Waals surface area contributed by atoms with Gasteiger partial charge in [-0.15, -0.1) is 0 Å². The van der Waals surface area contributed by atoms with Crippen LogP contribution < -0.4 is 20.3 Å². The molecule has 2 aromatic rings. The molecule has 1 aliphatic heterocycles. The second-order valence-electron chi connectivity index (χ2n) is 6.65. The van der Waals surface area contributed by atoms with E-state index >= 15 is 0 Å². The van der Waals surface area contributed by atoms with Gasteiger partial charge in [0, 0.05) is 18.1 Å². The molecule has 6 nitrogen and oxygen atoms in total. The van der Waals surface area contributed by atoms with Crippen LogP contribution in [0.15, 0.2) is 48.5 Å². The van der Waals surface area contributed by atoms with E-state index in [-0.39, 0.29) is 18.4 Å². The molecule has 0 bridgehead atoms. The smallest absolute Gasteiger partial charge is 0.262 e. The van der Waals surface area contributed by atoms with Crippen molar-refractivity contribution in [2.24, 2.45) is 0 Å². The van der Waals surface area contributed by atoms with Gasteiger partial charge in [-0.25, -0.2) is 0 Å². The largest absolute Gasteiger partial charge is 0.477 e. The summed E-state index contributed by atoms with van der Waals surface area (Å²) in [4.78, 5) is 26.7. The Balaban J connectivity index is 1.65. The molecule has 0 spiro atoms. The second kappa shape index (κ2) is 9.46. The molecule has 0 aliphatic carbocycles. The maximum atomic E-state index is 12.5. The Kier molecular flexibility index (Phi) is 6.76. The van der Waals surface area contributed by atoms with Gasteiger partial charge in [0.15, 0.2) is 6.10 Å². The number of benzene rings is 2. The number of anilines is 1. The van der Waals surface area contributed by atoms with Crippen molar-refractivity contribution in [3.05, 3.63) is 59.1 Å². The number of nitrogens with zero attached hydrogens (tertiary/aromatic N) is 1. The van der Waals surface area contributed by atoms with Crippen molar-refractivity contribution in [3.63, 3.8) is 0 Å². The van der Waals surface area contributed by atoms with Crippen LogP contribution in [0.1, 0.15) is 18.9 Å². The third kappa shape index (κ3) is 5.16. The first-order valence-electron chi connectivity index (χ1n) is 9.36. The normalized spacial score (nSPS) is 15.4. The average Bonchev–Trinajstić information content (AvgIpc) is 2.70. The van der Waals surface area contributed by atoms with Crippen LogP contribution in [0.25, 0.3) is 0 Å². The molecule has 1 atom stereocenters.